The summed E-state index contributed by atoms with van der Waals surface area (Å²) in [6, 6.07) is 0.886. The highest BCUT2D eigenvalue weighted by atomic mass is 16.6. The molecule has 2 heteroatoms. The van der Waals surface area contributed by atoms with Crippen LogP contribution < -0.4 is 5.32 Å². The Balaban J connectivity index is 1.31. The summed E-state index contributed by atoms with van der Waals surface area (Å²) in [6.45, 7) is 2.31. The van der Waals surface area contributed by atoms with Crippen molar-refractivity contribution >= 4 is 0 Å². The predicted molar refractivity (Wildman–Crippen MR) is 49.2 cm³/mol. The number of hydrogen-bond donors (Lipinski definition) is 1. The molecule has 2 rings (SSSR count). The Hall–Kier alpha value is -0.0800. The molecule has 0 aromatic rings. The van der Waals surface area contributed by atoms with Gasteiger partial charge in [0.1, 0.15) is 0 Å². The number of hydrogen-bond acceptors (Lipinski definition) is 2. The van der Waals surface area contributed by atoms with E-state index in [2.05, 4.69) is 5.32 Å². The lowest BCUT2D eigenvalue weighted by Gasteiger charge is -1.98. The molecule has 2 atom stereocenters. The van der Waals surface area contributed by atoms with E-state index in [9.17, 15) is 0 Å². The van der Waals surface area contributed by atoms with Gasteiger partial charge in [0.05, 0.1) is 12.7 Å². The lowest BCUT2D eigenvalue weighted by atomic mass is 10.1. The normalized spacial score (nSPS) is 32.0. The van der Waals surface area contributed by atoms with Crippen LogP contribution in [0.1, 0.15) is 38.5 Å². The smallest absolute Gasteiger partial charge is 0.0810 e. The van der Waals surface area contributed by atoms with E-state index < -0.39 is 0 Å². The first-order chi connectivity index (χ1) is 5.95. The summed E-state index contributed by atoms with van der Waals surface area (Å²) < 4.78 is 5.15. The van der Waals surface area contributed by atoms with Crippen molar-refractivity contribution in [3.63, 3.8) is 0 Å². The van der Waals surface area contributed by atoms with Crippen LogP contribution in [0, 0.1) is 0 Å². The minimum absolute atomic E-state index is 0.648. The molecule has 0 aliphatic carbocycles. The number of epoxide rings is 1. The Kier molecular flexibility index (Phi) is 3.01. The molecule has 12 heavy (non-hydrogen) atoms. The van der Waals surface area contributed by atoms with Gasteiger partial charge >= 0.3 is 0 Å². The molecule has 2 nitrogen and oxygen atoms in total. The summed E-state index contributed by atoms with van der Waals surface area (Å²) in [6.07, 6.45) is 8.99. The Morgan fingerprint density at radius 2 is 1.75 bits per heavy atom. The van der Waals surface area contributed by atoms with Crippen molar-refractivity contribution in [2.75, 3.05) is 13.2 Å². The molecule has 2 fully saturated rings. The monoisotopic (exact) mass is 169 g/mol. The Morgan fingerprint density at radius 1 is 1.08 bits per heavy atom. The summed E-state index contributed by atoms with van der Waals surface area (Å²) in [7, 11) is 0. The van der Waals surface area contributed by atoms with Crippen LogP contribution >= 0.6 is 0 Å². The predicted octanol–water partition coefficient (Wildman–Crippen LogP) is 1.70. The first-order valence-corrected chi connectivity index (χ1v) is 5.30. The average Bonchev–Trinajstić information content (AvgIpc) is 2.89. The van der Waals surface area contributed by atoms with E-state index in [0.29, 0.717) is 6.10 Å². The molecule has 2 aliphatic heterocycles. The fourth-order valence-corrected chi connectivity index (χ4v) is 1.64. The number of unbranched alkanes of at least 4 members (excludes halogenated alkanes) is 3. The van der Waals surface area contributed by atoms with E-state index in [1.807, 2.05) is 0 Å². The van der Waals surface area contributed by atoms with Gasteiger partial charge in [-0.15, -0.1) is 0 Å². The van der Waals surface area contributed by atoms with Gasteiger partial charge in [0.25, 0.3) is 0 Å². The summed E-state index contributed by atoms with van der Waals surface area (Å²) >= 11 is 0. The van der Waals surface area contributed by atoms with Crippen LogP contribution in [0.4, 0.5) is 0 Å². The molecule has 0 spiro atoms. The first-order valence-electron chi connectivity index (χ1n) is 5.30. The molecule has 70 valence electrons. The molecule has 2 heterocycles. The van der Waals surface area contributed by atoms with Crippen LogP contribution in [0.2, 0.25) is 0 Å². The quantitative estimate of drug-likeness (QED) is 0.465. The largest absolute Gasteiger partial charge is 0.373 e. The maximum absolute atomic E-state index is 5.15. The zero-order valence-corrected chi connectivity index (χ0v) is 7.72. The summed E-state index contributed by atoms with van der Waals surface area (Å²) in [5.41, 5.74) is 0. The highest BCUT2D eigenvalue weighted by molar-refractivity contribution is 4.82. The van der Waals surface area contributed by atoms with E-state index in [1.54, 1.807) is 0 Å². The van der Waals surface area contributed by atoms with Crippen LogP contribution in [0.15, 0.2) is 0 Å². The van der Waals surface area contributed by atoms with Crippen molar-refractivity contribution in [1.29, 1.82) is 0 Å². The van der Waals surface area contributed by atoms with Gasteiger partial charge in [0, 0.05) is 12.6 Å². The standard InChI is InChI=1S/C10H19NO/c1(3-5-9-7-11-9)2-4-6-10-8-12-10/h9-11H,1-8H2/t9-,10-/m0/s1. The number of nitrogens with one attached hydrogen (secondary N) is 1. The Labute approximate surface area is 74.7 Å². The van der Waals surface area contributed by atoms with Gasteiger partial charge in [-0.3, -0.25) is 0 Å². The van der Waals surface area contributed by atoms with Gasteiger partial charge in [0.15, 0.2) is 0 Å². The van der Waals surface area contributed by atoms with Crippen LogP contribution in [0.25, 0.3) is 0 Å². The molecule has 2 saturated heterocycles. The van der Waals surface area contributed by atoms with Gasteiger partial charge in [-0.1, -0.05) is 25.7 Å². The average molecular weight is 169 g/mol. The van der Waals surface area contributed by atoms with E-state index in [-0.39, 0.29) is 0 Å². The first kappa shape index (κ1) is 8.52. The van der Waals surface area contributed by atoms with Gasteiger partial charge in [0.2, 0.25) is 0 Å². The highest BCUT2D eigenvalue weighted by Gasteiger charge is 2.21. The summed E-state index contributed by atoms with van der Waals surface area (Å²) in [4.78, 5) is 0. The molecule has 0 aromatic carbocycles. The summed E-state index contributed by atoms with van der Waals surface area (Å²) in [5, 5.41) is 3.33. The Morgan fingerprint density at radius 3 is 2.33 bits per heavy atom. The molecular formula is C10H19NO. The summed E-state index contributed by atoms with van der Waals surface area (Å²) in [5.74, 6) is 0. The van der Waals surface area contributed by atoms with Crippen molar-refractivity contribution in [3.05, 3.63) is 0 Å². The third-order valence-electron chi connectivity index (χ3n) is 2.72. The third kappa shape index (κ3) is 3.55. The van der Waals surface area contributed by atoms with Crippen molar-refractivity contribution in [2.24, 2.45) is 0 Å². The van der Waals surface area contributed by atoms with Crippen LogP contribution in [0.5, 0.6) is 0 Å². The highest BCUT2D eigenvalue weighted by Crippen LogP contribution is 2.18. The minimum Gasteiger partial charge on any atom is -0.373 e. The fraction of sp³-hybridized carbons (Fsp3) is 1.00. The van der Waals surface area contributed by atoms with Crippen molar-refractivity contribution < 1.29 is 4.74 Å². The zero-order valence-electron chi connectivity index (χ0n) is 7.72. The second-order valence-electron chi connectivity index (χ2n) is 4.05. The van der Waals surface area contributed by atoms with E-state index in [0.717, 1.165) is 12.6 Å². The van der Waals surface area contributed by atoms with E-state index in [4.69, 9.17) is 4.74 Å². The molecule has 0 saturated carbocycles. The molecule has 1 N–H and O–H groups in total. The SMILES string of the molecule is C(CCC[C@H]1CO1)CC[C@H]1CN1. The number of rotatable bonds is 7. The maximum atomic E-state index is 5.15. The zero-order chi connectivity index (χ0) is 8.23. The molecule has 2 aliphatic rings. The lowest BCUT2D eigenvalue weighted by Crippen LogP contribution is -1.90. The number of ether oxygens (including phenoxy) is 1. The topological polar surface area (TPSA) is 34.5 Å². The van der Waals surface area contributed by atoms with Crippen molar-refractivity contribution in [1.82, 2.24) is 5.32 Å². The second-order valence-corrected chi connectivity index (χ2v) is 4.05. The molecule has 0 aromatic heterocycles. The van der Waals surface area contributed by atoms with Crippen LogP contribution in [0.3, 0.4) is 0 Å². The molecule has 0 radical (unpaired) electrons. The molecule has 0 unspecified atom stereocenters. The van der Waals surface area contributed by atoms with Gasteiger partial charge in [-0.25, -0.2) is 0 Å². The van der Waals surface area contributed by atoms with Gasteiger partial charge < -0.3 is 10.1 Å². The van der Waals surface area contributed by atoms with E-state index >= 15 is 0 Å². The maximum Gasteiger partial charge on any atom is 0.0810 e. The molecule has 0 amide bonds. The third-order valence-corrected chi connectivity index (χ3v) is 2.72. The van der Waals surface area contributed by atoms with Crippen molar-refractivity contribution in [3.8, 4) is 0 Å². The van der Waals surface area contributed by atoms with Crippen LogP contribution in [-0.4, -0.2) is 25.3 Å². The van der Waals surface area contributed by atoms with Crippen LogP contribution in [-0.2, 0) is 4.74 Å². The van der Waals surface area contributed by atoms with Crippen molar-refractivity contribution in [2.45, 2.75) is 50.7 Å². The minimum atomic E-state index is 0.648. The second kappa shape index (κ2) is 4.24. The fourth-order valence-electron chi connectivity index (χ4n) is 1.64. The molecule has 0 bridgehead atoms. The van der Waals surface area contributed by atoms with Gasteiger partial charge in [-0.05, 0) is 12.8 Å². The Bertz CT molecular complexity index is 114. The van der Waals surface area contributed by atoms with E-state index in [1.165, 1.54) is 45.1 Å². The molecular weight excluding hydrogens is 150 g/mol. The van der Waals surface area contributed by atoms with Gasteiger partial charge in [-0.2, -0.15) is 0 Å². The lowest BCUT2D eigenvalue weighted by molar-refractivity contribution is 0.387.